The fraction of sp³-hybridized carbons (Fsp3) is 0.444. The van der Waals surface area contributed by atoms with Crippen LogP contribution in [0.25, 0.3) is 0 Å². The smallest absolute Gasteiger partial charge is 0.0927 e. The van der Waals surface area contributed by atoms with E-state index < -0.39 is 0 Å². The van der Waals surface area contributed by atoms with Gasteiger partial charge in [-0.2, -0.15) is 5.26 Å². The first-order valence-electron chi connectivity index (χ1n) is 3.86. The van der Waals surface area contributed by atoms with Crippen LogP contribution in [0, 0.1) is 18.3 Å². The third kappa shape index (κ3) is 1.10. The Morgan fingerprint density at radius 3 is 2.67 bits per heavy atom. The van der Waals surface area contributed by atoms with Crippen molar-refractivity contribution in [2.75, 3.05) is 0 Å². The lowest BCUT2D eigenvalue weighted by Gasteiger charge is -2.01. The third-order valence-electron chi connectivity index (χ3n) is 2.21. The highest BCUT2D eigenvalue weighted by molar-refractivity contribution is 9.10. The van der Waals surface area contributed by atoms with Gasteiger partial charge in [0.2, 0.25) is 0 Å². The van der Waals surface area contributed by atoms with Gasteiger partial charge in [0, 0.05) is 14.2 Å². The first-order chi connectivity index (χ1) is 5.68. The van der Waals surface area contributed by atoms with Gasteiger partial charge >= 0.3 is 0 Å². The van der Waals surface area contributed by atoms with Crippen molar-refractivity contribution in [2.24, 2.45) is 0 Å². The van der Waals surface area contributed by atoms with Crippen LogP contribution in [0.2, 0.25) is 0 Å². The number of halogens is 1. The summed E-state index contributed by atoms with van der Waals surface area (Å²) >= 11 is 5.23. The van der Waals surface area contributed by atoms with Gasteiger partial charge in [-0.15, -0.1) is 11.3 Å². The Morgan fingerprint density at radius 1 is 1.67 bits per heavy atom. The Kier molecular flexibility index (Phi) is 1.78. The van der Waals surface area contributed by atoms with Crippen molar-refractivity contribution in [3.63, 3.8) is 0 Å². The zero-order valence-corrected chi connectivity index (χ0v) is 9.13. The van der Waals surface area contributed by atoms with Gasteiger partial charge in [0.15, 0.2) is 0 Å². The van der Waals surface area contributed by atoms with Crippen molar-refractivity contribution >= 4 is 27.3 Å². The molecule has 1 aliphatic carbocycles. The maximum absolute atomic E-state index is 8.98. The number of aryl methyl sites for hydroxylation is 1. The number of hydrogen-bond donors (Lipinski definition) is 0. The Balaban J connectivity index is 2.48. The summed E-state index contributed by atoms with van der Waals surface area (Å²) < 4.78 is 1.11. The van der Waals surface area contributed by atoms with Gasteiger partial charge in [0.05, 0.1) is 11.5 Å². The Morgan fingerprint density at radius 2 is 2.33 bits per heavy atom. The summed E-state index contributed by atoms with van der Waals surface area (Å²) in [6.45, 7) is 2.08. The molecule has 1 aromatic rings. The van der Waals surface area contributed by atoms with E-state index in [1.54, 1.807) is 11.3 Å². The lowest BCUT2D eigenvalue weighted by atomic mass is 10.1. The summed E-state index contributed by atoms with van der Waals surface area (Å²) in [6, 6.07) is 4.50. The molecule has 0 atom stereocenters. The van der Waals surface area contributed by atoms with Crippen LogP contribution in [-0.2, 0) is 5.41 Å². The van der Waals surface area contributed by atoms with Gasteiger partial charge < -0.3 is 0 Å². The minimum Gasteiger partial charge on any atom is -0.197 e. The summed E-state index contributed by atoms with van der Waals surface area (Å²) in [5.41, 5.74) is -0.127. The van der Waals surface area contributed by atoms with E-state index in [-0.39, 0.29) is 5.41 Å². The van der Waals surface area contributed by atoms with Crippen LogP contribution in [0.5, 0.6) is 0 Å². The number of thiophene rings is 1. The van der Waals surface area contributed by atoms with Gasteiger partial charge in [-0.25, -0.2) is 0 Å². The summed E-state index contributed by atoms with van der Waals surface area (Å²) in [4.78, 5) is 2.50. The van der Waals surface area contributed by atoms with E-state index >= 15 is 0 Å². The summed E-state index contributed by atoms with van der Waals surface area (Å²) in [6.07, 6.45) is 2.06. The van der Waals surface area contributed by atoms with Crippen molar-refractivity contribution in [2.45, 2.75) is 25.2 Å². The first-order valence-corrected chi connectivity index (χ1v) is 5.46. The van der Waals surface area contributed by atoms with Gasteiger partial charge in [-0.05, 0) is 41.8 Å². The molecule has 62 valence electrons. The molecule has 0 bridgehead atoms. The van der Waals surface area contributed by atoms with Crippen LogP contribution >= 0.6 is 27.3 Å². The number of nitrogens with zero attached hydrogens (tertiary/aromatic N) is 1. The molecule has 0 N–H and O–H groups in total. The second-order valence-corrected chi connectivity index (χ2v) is 5.34. The Labute approximate surface area is 84.2 Å². The molecule has 1 heterocycles. The molecule has 1 aromatic heterocycles. The second-order valence-electron chi connectivity index (χ2n) is 3.23. The van der Waals surface area contributed by atoms with Crippen LogP contribution < -0.4 is 0 Å². The second kappa shape index (κ2) is 2.58. The molecule has 0 unspecified atom stereocenters. The molecule has 1 nitrogen and oxygen atoms in total. The van der Waals surface area contributed by atoms with E-state index in [0.29, 0.717) is 0 Å². The molecule has 0 aromatic carbocycles. The number of hydrogen-bond acceptors (Lipinski definition) is 2. The van der Waals surface area contributed by atoms with Gasteiger partial charge in [-0.1, -0.05) is 0 Å². The molecule has 12 heavy (non-hydrogen) atoms. The van der Waals surface area contributed by atoms with Gasteiger partial charge in [0.25, 0.3) is 0 Å². The molecular weight excluding hydrogens is 234 g/mol. The van der Waals surface area contributed by atoms with E-state index in [0.717, 1.165) is 17.3 Å². The standard InChI is InChI=1S/C9H8BrNS/c1-6-4-7(10)8(12-6)9(5-11)2-3-9/h4H,2-3H2,1H3. The highest BCUT2D eigenvalue weighted by atomic mass is 79.9. The van der Waals surface area contributed by atoms with E-state index in [9.17, 15) is 0 Å². The lowest BCUT2D eigenvalue weighted by Crippen LogP contribution is -1.99. The minimum absolute atomic E-state index is 0.127. The predicted octanol–water partition coefficient (Wildman–Crippen LogP) is 3.37. The van der Waals surface area contributed by atoms with Crippen LogP contribution in [0.3, 0.4) is 0 Å². The van der Waals surface area contributed by atoms with Gasteiger partial charge in [-0.3, -0.25) is 0 Å². The molecule has 0 saturated heterocycles. The van der Waals surface area contributed by atoms with Crippen molar-refractivity contribution in [3.8, 4) is 6.07 Å². The van der Waals surface area contributed by atoms with Crippen molar-refractivity contribution in [1.29, 1.82) is 5.26 Å². The third-order valence-corrected chi connectivity index (χ3v) is 4.35. The molecule has 1 fully saturated rings. The van der Waals surface area contributed by atoms with E-state index in [1.165, 1.54) is 9.75 Å². The Bertz CT molecular complexity index is 357. The van der Waals surface area contributed by atoms with E-state index in [2.05, 4.69) is 35.0 Å². The van der Waals surface area contributed by atoms with Crippen molar-refractivity contribution in [3.05, 3.63) is 20.3 Å². The minimum atomic E-state index is -0.127. The van der Waals surface area contributed by atoms with Crippen LogP contribution in [0.1, 0.15) is 22.6 Å². The van der Waals surface area contributed by atoms with E-state index in [1.807, 2.05) is 0 Å². The SMILES string of the molecule is Cc1cc(Br)c(C2(C#N)CC2)s1. The van der Waals surface area contributed by atoms with Crippen molar-refractivity contribution < 1.29 is 0 Å². The first kappa shape index (κ1) is 8.28. The quantitative estimate of drug-likeness (QED) is 0.740. The molecule has 3 heteroatoms. The summed E-state index contributed by atoms with van der Waals surface area (Å²) in [5.74, 6) is 0. The van der Waals surface area contributed by atoms with Crippen LogP contribution in [-0.4, -0.2) is 0 Å². The highest BCUT2D eigenvalue weighted by Gasteiger charge is 2.47. The van der Waals surface area contributed by atoms with Gasteiger partial charge in [0.1, 0.15) is 0 Å². The monoisotopic (exact) mass is 241 g/mol. The maximum atomic E-state index is 8.98. The molecule has 0 aliphatic heterocycles. The maximum Gasteiger partial charge on any atom is 0.0927 e. The van der Waals surface area contributed by atoms with Crippen molar-refractivity contribution in [1.82, 2.24) is 0 Å². The fourth-order valence-electron chi connectivity index (χ4n) is 1.32. The molecule has 1 aliphatic rings. The highest BCUT2D eigenvalue weighted by Crippen LogP contribution is 2.52. The topological polar surface area (TPSA) is 23.8 Å². The molecule has 0 radical (unpaired) electrons. The molecule has 0 spiro atoms. The average Bonchev–Trinajstić information content (AvgIpc) is 2.74. The normalized spacial score (nSPS) is 18.8. The van der Waals surface area contributed by atoms with Crippen LogP contribution in [0.4, 0.5) is 0 Å². The molecule has 2 rings (SSSR count). The molecule has 1 saturated carbocycles. The zero-order chi connectivity index (χ0) is 8.77. The zero-order valence-electron chi connectivity index (χ0n) is 6.72. The number of nitriles is 1. The average molecular weight is 242 g/mol. The molecular formula is C9H8BrNS. The predicted molar refractivity (Wildman–Crippen MR) is 53.3 cm³/mol. The fourth-order valence-corrected chi connectivity index (χ4v) is 3.54. The van der Waals surface area contributed by atoms with E-state index in [4.69, 9.17) is 5.26 Å². The summed E-state index contributed by atoms with van der Waals surface area (Å²) in [5, 5.41) is 8.98. The van der Waals surface area contributed by atoms with Crippen LogP contribution in [0.15, 0.2) is 10.5 Å². The lowest BCUT2D eigenvalue weighted by molar-refractivity contribution is 0.931. The summed E-state index contributed by atoms with van der Waals surface area (Å²) in [7, 11) is 0. The largest absolute Gasteiger partial charge is 0.197 e. The number of rotatable bonds is 1. The molecule has 0 amide bonds. The Hall–Kier alpha value is -0.330.